The van der Waals surface area contributed by atoms with Gasteiger partial charge >= 0.3 is 5.97 Å². The number of aromatic nitrogens is 3. The molecule has 0 aliphatic carbocycles. The van der Waals surface area contributed by atoms with E-state index in [0.717, 1.165) is 5.56 Å². The first-order valence-electron chi connectivity index (χ1n) is 6.04. The predicted molar refractivity (Wildman–Crippen MR) is 73.9 cm³/mol. The molecule has 20 heavy (non-hydrogen) atoms. The summed E-state index contributed by atoms with van der Waals surface area (Å²) in [6.45, 7) is 4.16. The maximum Gasteiger partial charge on any atom is 0.360 e. The van der Waals surface area contributed by atoms with Gasteiger partial charge in [-0.15, -0.1) is 5.10 Å². The second kappa shape index (κ2) is 6.13. The van der Waals surface area contributed by atoms with Gasteiger partial charge < -0.3 is 4.74 Å². The Morgan fingerprint density at radius 3 is 2.90 bits per heavy atom. The van der Waals surface area contributed by atoms with E-state index in [1.807, 2.05) is 0 Å². The van der Waals surface area contributed by atoms with Gasteiger partial charge in [-0.1, -0.05) is 11.3 Å². The van der Waals surface area contributed by atoms with E-state index in [1.54, 1.807) is 30.7 Å². The molecule has 0 N–H and O–H groups in total. The van der Waals surface area contributed by atoms with Crippen LogP contribution in [-0.2, 0) is 11.3 Å². The number of benzene rings is 1. The summed E-state index contributed by atoms with van der Waals surface area (Å²) in [7, 11) is 0. The highest BCUT2D eigenvalue weighted by Gasteiger charge is 2.17. The Kier molecular flexibility index (Phi) is 4.49. The van der Waals surface area contributed by atoms with Crippen LogP contribution in [0.4, 0.5) is 4.39 Å². The Balaban J connectivity index is 2.22. The molecule has 1 aromatic carbocycles. The first-order chi connectivity index (χ1) is 9.52. The van der Waals surface area contributed by atoms with Gasteiger partial charge in [0.05, 0.1) is 23.3 Å². The zero-order chi connectivity index (χ0) is 14.7. The van der Waals surface area contributed by atoms with Gasteiger partial charge in [-0.2, -0.15) is 0 Å². The van der Waals surface area contributed by atoms with Crippen LogP contribution in [-0.4, -0.2) is 27.6 Å². The van der Waals surface area contributed by atoms with Crippen LogP contribution >= 0.6 is 15.9 Å². The zero-order valence-corrected chi connectivity index (χ0v) is 12.6. The van der Waals surface area contributed by atoms with E-state index < -0.39 is 5.97 Å². The van der Waals surface area contributed by atoms with Crippen molar-refractivity contribution in [2.24, 2.45) is 0 Å². The van der Waals surface area contributed by atoms with Crippen molar-refractivity contribution in [1.82, 2.24) is 15.0 Å². The highest BCUT2D eigenvalue weighted by molar-refractivity contribution is 9.10. The van der Waals surface area contributed by atoms with Crippen LogP contribution in [0.25, 0.3) is 0 Å². The molecule has 1 heterocycles. The first-order valence-corrected chi connectivity index (χ1v) is 6.83. The molecule has 0 spiro atoms. The Hall–Kier alpha value is -1.76. The lowest BCUT2D eigenvalue weighted by molar-refractivity contribution is 0.0518. The lowest BCUT2D eigenvalue weighted by Crippen LogP contribution is -2.09. The third-order valence-corrected chi connectivity index (χ3v) is 3.38. The van der Waals surface area contributed by atoms with E-state index in [-0.39, 0.29) is 18.1 Å². The van der Waals surface area contributed by atoms with Gasteiger partial charge in [0, 0.05) is 0 Å². The Morgan fingerprint density at radius 2 is 2.25 bits per heavy atom. The maximum atomic E-state index is 13.2. The summed E-state index contributed by atoms with van der Waals surface area (Å²) in [6, 6.07) is 4.70. The number of esters is 1. The fourth-order valence-corrected chi connectivity index (χ4v) is 2.14. The van der Waals surface area contributed by atoms with E-state index >= 15 is 0 Å². The van der Waals surface area contributed by atoms with Crippen LogP contribution in [0.1, 0.15) is 28.7 Å². The number of rotatable bonds is 4. The van der Waals surface area contributed by atoms with Gasteiger partial charge in [-0.05, 0) is 47.5 Å². The van der Waals surface area contributed by atoms with Crippen LogP contribution in [0.3, 0.4) is 0 Å². The molecule has 0 saturated carbocycles. The highest BCUT2D eigenvalue weighted by atomic mass is 79.9. The molecule has 0 radical (unpaired) electrons. The summed E-state index contributed by atoms with van der Waals surface area (Å²) in [4.78, 5) is 11.6. The van der Waals surface area contributed by atoms with Crippen molar-refractivity contribution in [2.45, 2.75) is 20.4 Å². The van der Waals surface area contributed by atoms with Crippen LogP contribution in [0.5, 0.6) is 0 Å². The molecule has 0 aliphatic heterocycles. The first kappa shape index (κ1) is 14.6. The summed E-state index contributed by atoms with van der Waals surface area (Å²) in [6.07, 6.45) is 0. The van der Waals surface area contributed by atoms with E-state index in [2.05, 4.69) is 26.2 Å². The molecule has 0 saturated heterocycles. The number of halogens is 2. The Bertz CT molecular complexity index is 643. The van der Waals surface area contributed by atoms with Crippen LogP contribution in [0.2, 0.25) is 0 Å². The van der Waals surface area contributed by atoms with Crippen molar-refractivity contribution in [1.29, 1.82) is 0 Å². The summed E-state index contributed by atoms with van der Waals surface area (Å²) in [5.74, 6) is -0.812. The summed E-state index contributed by atoms with van der Waals surface area (Å²) in [5.41, 5.74) is 1.67. The van der Waals surface area contributed by atoms with Gasteiger partial charge in [0.15, 0.2) is 5.69 Å². The molecule has 7 heteroatoms. The van der Waals surface area contributed by atoms with Gasteiger partial charge in [-0.3, -0.25) is 0 Å². The molecular weight excluding hydrogens is 329 g/mol. The lowest BCUT2D eigenvalue weighted by Gasteiger charge is -2.05. The van der Waals surface area contributed by atoms with E-state index in [1.165, 1.54) is 6.07 Å². The maximum absolute atomic E-state index is 13.2. The normalized spacial score (nSPS) is 10.6. The van der Waals surface area contributed by atoms with Gasteiger partial charge in [-0.25, -0.2) is 13.9 Å². The zero-order valence-electron chi connectivity index (χ0n) is 11.1. The van der Waals surface area contributed by atoms with E-state index in [9.17, 15) is 9.18 Å². The van der Waals surface area contributed by atoms with Crippen LogP contribution < -0.4 is 0 Å². The smallest absolute Gasteiger partial charge is 0.360 e. The molecule has 2 aromatic rings. The number of ether oxygens (including phenoxy) is 1. The largest absolute Gasteiger partial charge is 0.461 e. The Morgan fingerprint density at radius 1 is 1.50 bits per heavy atom. The monoisotopic (exact) mass is 341 g/mol. The minimum absolute atomic E-state index is 0.202. The van der Waals surface area contributed by atoms with Crippen molar-refractivity contribution in [3.8, 4) is 0 Å². The topological polar surface area (TPSA) is 57.0 Å². The number of carbonyl (C=O) groups excluding carboxylic acids is 1. The molecule has 0 fully saturated rings. The summed E-state index contributed by atoms with van der Waals surface area (Å²) < 4.78 is 20.0. The van der Waals surface area contributed by atoms with Crippen molar-refractivity contribution in [3.63, 3.8) is 0 Å². The molecule has 0 unspecified atom stereocenters. The molecule has 0 atom stereocenters. The SMILES string of the molecule is CCOC(=O)c1nnn(Cc2ccc(F)c(Br)c2)c1C. The highest BCUT2D eigenvalue weighted by Crippen LogP contribution is 2.18. The van der Waals surface area contributed by atoms with Gasteiger partial charge in [0.2, 0.25) is 0 Å². The molecule has 2 rings (SSSR count). The van der Waals surface area contributed by atoms with Gasteiger partial charge in [0.1, 0.15) is 5.82 Å². The van der Waals surface area contributed by atoms with E-state index in [4.69, 9.17) is 4.74 Å². The average Bonchev–Trinajstić information content (AvgIpc) is 2.76. The van der Waals surface area contributed by atoms with Crippen molar-refractivity contribution < 1.29 is 13.9 Å². The fraction of sp³-hybridized carbons (Fsp3) is 0.308. The number of carbonyl (C=O) groups is 1. The molecule has 106 valence electrons. The standard InChI is InChI=1S/C13H13BrFN3O2/c1-3-20-13(19)12-8(2)18(17-16-12)7-9-4-5-11(15)10(14)6-9/h4-6H,3,7H2,1-2H3. The number of nitrogens with zero attached hydrogens (tertiary/aromatic N) is 3. The second-order valence-electron chi connectivity index (χ2n) is 4.15. The van der Waals surface area contributed by atoms with Gasteiger partial charge in [0.25, 0.3) is 0 Å². The lowest BCUT2D eigenvalue weighted by atomic mass is 10.2. The quantitative estimate of drug-likeness (QED) is 0.802. The minimum atomic E-state index is -0.489. The third kappa shape index (κ3) is 3.04. The molecular formula is C13H13BrFN3O2. The summed E-state index contributed by atoms with van der Waals surface area (Å²) in [5, 5.41) is 7.75. The van der Waals surface area contributed by atoms with E-state index in [0.29, 0.717) is 16.7 Å². The number of hydrogen-bond acceptors (Lipinski definition) is 4. The third-order valence-electron chi connectivity index (χ3n) is 2.77. The fourth-order valence-electron chi connectivity index (χ4n) is 1.71. The van der Waals surface area contributed by atoms with Crippen molar-refractivity contribution in [3.05, 3.63) is 45.4 Å². The van der Waals surface area contributed by atoms with Crippen molar-refractivity contribution in [2.75, 3.05) is 6.61 Å². The molecule has 0 aliphatic rings. The predicted octanol–water partition coefficient (Wildman–Crippen LogP) is 2.71. The molecule has 0 amide bonds. The summed E-state index contributed by atoms with van der Waals surface area (Å²) >= 11 is 3.13. The number of hydrogen-bond donors (Lipinski definition) is 0. The van der Waals surface area contributed by atoms with Crippen LogP contribution in [0.15, 0.2) is 22.7 Å². The molecule has 0 bridgehead atoms. The second-order valence-corrected chi connectivity index (χ2v) is 5.00. The molecule has 1 aromatic heterocycles. The average molecular weight is 342 g/mol. The minimum Gasteiger partial charge on any atom is -0.461 e. The van der Waals surface area contributed by atoms with Crippen molar-refractivity contribution >= 4 is 21.9 Å². The van der Waals surface area contributed by atoms with Crippen LogP contribution in [0, 0.1) is 12.7 Å². The Labute approximate surface area is 123 Å². The molecule has 5 nitrogen and oxygen atoms in total.